The van der Waals surface area contributed by atoms with E-state index < -0.39 is 25.7 Å². The Kier molecular flexibility index (Phi) is 11.3. The molecule has 0 saturated carbocycles. The zero-order valence-electron chi connectivity index (χ0n) is 18.7. The summed E-state index contributed by atoms with van der Waals surface area (Å²) in [6, 6.07) is 0. The zero-order valence-corrected chi connectivity index (χ0v) is 19.7. The lowest BCUT2D eigenvalue weighted by atomic mass is 9.80. The number of hydrogen-bond donors (Lipinski definition) is 0. The summed E-state index contributed by atoms with van der Waals surface area (Å²) in [6.45, 7) is 18.8. The molecule has 160 valence electrons. The first-order chi connectivity index (χ1) is 13.0. The Bertz CT molecular complexity index is 552. The number of esters is 2. The first kappa shape index (κ1) is 26.3. The van der Waals surface area contributed by atoms with Crippen molar-refractivity contribution in [3.8, 4) is 0 Å². The second-order valence-electron chi connectivity index (χ2n) is 8.14. The van der Waals surface area contributed by atoms with Crippen molar-refractivity contribution in [1.29, 1.82) is 0 Å². The molecule has 0 spiro atoms. The van der Waals surface area contributed by atoms with E-state index in [1.54, 1.807) is 32.1 Å². The molecule has 0 amide bonds. The molecule has 0 atom stereocenters. The Morgan fingerprint density at radius 2 is 1.43 bits per heavy atom. The topological polar surface area (TPSA) is 61.8 Å². The van der Waals surface area contributed by atoms with Gasteiger partial charge in [-0.25, -0.2) is 0 Å². The molecule has 0 aliphatic rings. The number of hydrogen-bond acceptors (Lipinski definition) is 5. The molecule has 0 saturated heterocycles. The van der Waals surface area contributed by atoms with Gasteiger partial charge in [0.1, 0.15) is 0 Å². The summed E-state index contributed by atoms with van der Waals surface area (Å²) >= 11 is 0. The third kappa shape index (κ3) is 7.76. The standard InChI is InChI=1S/C22H38O5Si/c1-9-12-13-16-22(19(23)25-10-2,20(24)26-11-3)17-14-15-18-27-28(7,8)21(4,5)6/h9,12-15H,1,10-11,16-18H2,2-8H3/b13-12+,15-14-. The molecule has 0 aromatic heterocycles. The lowest BCUT2D eigenvalue weighted by Gasteiger charge is -2.35. The van der Waals surface area contributed by atoms with Gasteiger partial charge in [0, 0.05) is 0 Å². The van der Waals surface area contributed by atoms with Crippen LogP contribution in [0.4, 0.5) is 0 Å². The summed E-state index contributed by atoms with van der Waals surface area (Å²) in [5.74, 6) is -1.14. The lowest BCUT2D eigenvalue weighted by molar-refractivity contribution is -0.171. The van der Waals surface area contributed by atoms with Crippen LogP contribution in [0.25, 0.3) is 0 Å². The maximum atomic E-state index is 12.7. The van der Waals surface area contributed by atoms with Crippen LogP contribution in [-0.2, 0) is 23.5 Å². The van der Waals surface area contributed by atoms with Gasteiger partial charge in [0.25, 0.3) is 0 Å². The van der Waals surface area contributed by atoms with Crippen molar-refractivity contribution >= 4 is 20.3 Å². The molecular weight excluding hydrogens is 372 g/mol. The van der Waals surface area contributed by atoms with Crippen molar-refractivity contribution in [2.24, 2.45) is 5.41 Å². The van der Waals surface area contributed by atoms with Gasteiger partial charge in [-0.2, -0.15) is 0 Å². The number of ether oxygens (including phenoxy) is 2. The van der Waals surface area contributed by atoms with Gasteiger partial charge in [0.2, 0.25) is 0 Å². The molecule has 0 rings (SSSR count). The molecule has 0 aliphatic carbocycles. The van der Waals surface area contributed by atoms with E-state index in [-0.39, 0.29) is 31.1 Å². The van der Waals surface area contributed by atoms with Crippen LogP contribution in [0, 0.1) is 5.41 Å². The third-order valence-electron chi connectivity index (χ3n) is 5.05. The van der Waals surface area contributed by atoms with E-state index >= 15 is 0 Å². The van der Waals surface area contributed by atoms with Gasteiger partial charge in [-0.05, 0) is 44.8 Å². The van der Waals surface area contributed by atoms with E-state index in [2.05, 4.69) is 40.4 Å². The minimum Gasteiger partial charge on any atom is -0.465 e. The summed E-state index contributed by atoms with van der Waals surface area (Å²) in [4.78, 5) is 25.4. The van der Waals surface area contributed by atoms with E-state index in [1.165, 1.54) is 0 Å². The molecule has 5 nitrogen and oxygen atoms in total. The average molecular weight is 411 g/mol. The molecule has 0 aliphatic heterocycles. The minimum atomic E-state index is -1.85. The van der Waals surface area contributed by atoms with Crippen molar-refractivity contribution in [1.82, 2.24) is 0 Å². The Labute approximate surface area is 172 Å². The number of carbonyl (C=O) groups excluding carboxylic acids is 2. The third-order valence-corrected chi connectivity index (χ3v) is 9.55. The number of carbonyl (C=O) groups is 2. The van der Waals surface area contributed by atoms with Crippen LogP contribution in [-0.4, -0.2) is 40.1 Å². The molecule has 0 bridgehead atoms. The fraction of sp³-hybridized carbons (Fsp3) is 0.636. The summed E-state index contributed by atoms with van der Waals surface area (Å²) in [5.41, 5.74) is -1.40. The monoisotopic (exact) mass is 410 g/mol. The molecule has 0 N–H and O–H groups in total. The Morgan fingerprint density at radius 3 is 1.86 bits per heavy atom. The van der Waals surface area contributed by atoms with Gasteiger partial charge < -0.3 is 13.9 Å². The Balaban J connectivity index is 5.43. The molecule has 28 heavy (non-hydrogen) atoms. The van der Waals surface area contributed by atoms with Crippen molar-refractivity contribution in [2.45, 2.75) is 65.6 Å². The molecular formula is C22H38O5Si. The second kappa shape index (κ2) is 12.0. The van der Waals surface area contributed by atoms with Crippen molar-refractivity contribution < 1.29 is 23.5 Å². The van der Waals surface area contributed by atoms with Crippen LogP contribution in [0.1, 0.15) is 47.5 Å². The van der Waals surface area contributed by atoms with Gasteiger partial charge in [0.15, 0.2) is 13.7 Å². The van der Waals surface area contributed by atoms with E-state index in [1.807, 2.05) is 12.2 Å². The first-order valence-corrected chi connectivity index (χ1v) is 12.8. The van der Waals surface area contributed by atoms with E-state index in [4.69, 9.17) is 13.9 Å². The highest BCUT2D eigenvalue weighted by molar-refractivity contribution is 6.74. The maximum Gasteiger partial charge on any atom is 0.324 e. The van der Waals surface area contributed by atoms with E-state index in [0.29, 0.717) is 6.61 Å². The predicted molar refractivity (Wildman–Crippen MR) is 117 cm³/mol. The molecule has 6 heteroatoms. The Hall–Kier alpha value is -1.66. The average Bonchev–Trinajstić information content (AvgIpc) is 2.59. The fourth-order valence-electron chi connectivity index (χ4n) is 2.23. The van der Waals surface area contributed by atoms with Gasteiger partial charge in [-0.3, -0.25) is 9.59 Å². The molecule has 0 aromatic carbocycles. The summed E-state index contributed by atoms with van der Waals surface area (Å²) in [7, 11) is -1.85. The number of allylic oxidation sites excluding steroid dienone is 4. The molecule has 0 heterocycles. The summed E-state index contributed by atoms with van der Waals surface area (Å²) < 4.78 is 16.5. The van der Waals surface area contributed by atoms with Crippen molar-refractivity contribution in [2.75, 3.05) is 19.8 Å². The normalized spacial score (nSPS) is 13.1. The van der Waals surface area contributed by atoms with Gasteiger partial charge in [-0.1, -0.05) is 57.7 Å². The van der Waals surface area contributed by atoms with Gasteiger partial charge in [0.05, 0.1) is 19.8 Å². The highest BCUT2D eigenvalue weighted by Gasteiger charge is 2.47. The van der Waals surface area contributed by atoms with E-state index in [9.17, 15) is 9.59 Å². The maximum absolute atomic E-state index is 12.7. The number of rotatable bonds is 12. The van der Waals surface area contributed by atoms with Crippen LogP contribution in [0.2, 0.25) is 18.1 Å². The minimum absolute atomic E-state index is 0.121. The van der Waals surface area contributed by atoms with Crippen LogP contribution < -0.4 is 0 Å². The molecule has 0 radical (unpaired) electrons. The van der Waals surface area contributed by atoms with Crippen LogP contribution >= 0.6 is 0 Å². The van der Waals surface area contributed by atoms with Crippen molar-refractivity contribution in [3.05, 3.63) is 37.0 Å². The zero-order chi connectivity index (χ0) is 21.8. The van der Waals surface area contributed by atoms with Crippen LogP contribution in [0.5, 0.6) is 0 Å². The van der Waals surface area contributed by atoms with Crippen molar-refractivity contribution in [3.63, 3.8) is 0 Å². The highest BCUT2D eigenvalue weighted by atomic mass is 28.4. The summed E-state index contributed by atoms with van der Waals surface area (Å²) in [5, 5.41) is 0.121. The Morgan fingerprint density at radius 1 is 0.929 bits per heavy atom. The highest BCUT2D eigenvalue weighted by Crippen LogP contribution is 2.36. The van der Waals surface area contributed by atoms with Crippen LogP contribution in [0.15, 0.2) is 37.0 Å². The van der Waals surface area contributed by atoms with E-state index in [0.717, 1.165) is 0 Å². The SMILES string of the molecule is C=C/C=C/CC(C/C=C\CO[Si](C)(C)C(C)(C)C)(C(=O)OCC)C(=O)OCC. The van der Waals surface area contributed by atoms with Crippen LogP contribution in [0.3, 0.4) is 0 Å². The smallest absolute Gasteiger partial charge is 0.324 e. The largest absolute Gasteiger partial charge is 0.465 e. The van der Waals surface area contributed by atoms with Gasteiger partial charge >= 0.3 is 11.9 Å². The molecule has 0 aromatic rings. The first-order valence-electron chi connectivity index (χ1n) is 9.89. The fourth-order valence-corrected chi connectivity index (χ4v) is 3.18. The predicted octanol–water partition coefficient (Wildman–Crippen LogP) is 5.20. The second-order valence-corrected chi connectivity index (χ2v) is 12.9. The summed E-state index contributed by atoms with van der Waals surface area (Å²) in [6.07, 6.45) is 9.09. The quantitative estimate of drug-likeness (QED) is 0.145. The molecule has 0 unspecified atom stereocenters. The van der Waals surface area contributed by atoms with Gasteiger partial charge in [-0.15, -0.1) is 0 Å². The lowest BCUT2D eigenvalue weighted by Crippen LogP contribution is -2.42. The molecule has 0 fully saturated rings.